The van der Waals surface area contributed by atoms with Crippen LogP contribution in [0.15, 0.2) is 12.7 Å². The molecule has 0 aromatic carbocycles. The Morgan fingerprint density at radius 2 is 2.15 bits per heavy atom. The number of hydrogen-bond donors (Lipinski definition) is 4. The van der Waals surface area contributed by atoms with Gasteiger partial charge < -0.3 is 20.6 Å². The van der Waals surface area contributed by atoms with E-state index in [0.717, 1.165) is 6.08 Å². The molecule has 1 amide bonds. The first-order valence-electron chi connectivity index (χ1n) is 3.89. The van der Waals surface area contributed by atoms with Crippen molar-refractivity contribution in [2.45, 2.75) is 25.2 Å². The number of nitrogens with one attached hydrogen (secondary N) is 1. The number of rotatable bonds is 5. The molecular weight excluding hydrogens is 174 g/mol. The molecule has 0 saturated carbocycles. The van der Waals surface area contributed by atoms with Gasteiger partial charge in [0.05, 0.1) is 18.8 Å². The lowest BCUT2D eigenvalue weighted by Gasteiger charge is -2.23. The van der Waals surface area contributed by atoms with Crippen molar-refractivity contribution in [1.29, 1.82) is 0 Å². The first kappa shape index (κ1) is 12.1. The quantitative estimate of drug-likeness (QED) is 0.392. The van der Waals surface area contributed by atoms with Gasteiger partial charge in [-0.2, -0.15) is 0 Å². The lowest BCUT2D eigenvalue weighted by atomic mass is 10.1. The SMILES string of the molecule is C=C[C@@H](O)[C@H](O)[C@H](CO)NC(C)=O. The molecule has 0 aliphatic rings. The summed E-state index contributed by atoms with van der Waals surface area (Å²) in [5.41, 5.74) is 0. The van der Waals surface area contributed by atoms with Gasteiger partial charge in [0.1, 0.15) is 6.10 Å². The van der Waals surface area contributed by atoms with Crippen LogP contribution in [0.3, 0.4) is 0 Å². The van der Waals surface area contributed by atoms with E-state index in [1.54, 1.807) is 0 Å². The highest BCUT2D eigenvalue weighted by Crippen LogP contribution is 2.00. The van der Waals surface area contributed by atoms with Crippen LogP contribution in [0, 0.1) is 0 Å². The van der Waals surface area contributed by atoms with Gasteiger partial charge >= 0.3 is 0 Å². The predicted molar refractivity (Wildman–Crippen MR) is 46.9 cm³/mol. The topological polar surface area (TPSA) is 89.8 Å². The zero-order chi connectivity index (χ0) is 10.4. The van der Waals surface area contributed by atoms with E-state index in [2.05, 4.69) is 11.9 Å². The Balaban J connectivity index is 4.21. The van der Waals surface area contributed by atoms with Crippen molar-refractivity contribution < 1.29 is 20.1 Å². The van der Waals surface area contributed by atoms with Crippen molar-refractivity contribution in [2.75, 3.05) is 6.61 Å². The van der Waals surface area contributed by atoms with E-state index >= 15 is 0 Å². The summed E-state index contributed by atoms with van der Waals surface area (Å²) < 4.78 is 0. The Morgan fingerprint density at radius 3 is 2.46 bits per heavy atom. The summed E-state index contributed by atoms with van der Waals surface area (Å²) >= 11 is 0. The van der Waals surface area contributed by atoms with Crippen molar-refractivity contribution in [1.82, 2.24) is 5.32 Å². The third-order valence-electron chi connectivity index (χ3n) is 1.59. The molecule has 3 atom stereocenters. The summed E-state index contributed by atoms with van der Waals surface area (Å²) in [6.07, 6.45) is -1.27. The largest absolute Gasteiger partial charge is 0.394 e. The molecule has 0 aliphatic heterocycles. The van der Waals surface area contributed by atoms with Crippen LogP contribution in [-0.2, 0) is 4.79 Å². The molecule has 0 radical (unpaired) electrons. The maximum absolute atomic E-state index is 10.6. The second kappa shape index (κ2) is 5.69. The van der Waals surface area contributed by atoms with E-state index in [4.69, 9.17) is 10.2 Å². The lowest BCUT2D eigenvalue weighted by molar-refractivity contribution is -0.121. The zero-order valence-electron chi connectivity index (χ0n) is 7.47. The van der Waals surface area contributed by atoms with Crippen LogP contribution >= 0.6 is 0 Å². The van der Waals surface area contributed by atoms with E-state index in [9.17, 15) is 9.90 Å². The van der Waals surface area contributed by atoms with Crippen LogP contribution in [-0.4, -0.2) is 46.1 Å². The van der Waals surface area contributed by atoms with E-state index in [1.165, 1.54) is 6.92 Å². The van der Waals surface area contributed by atoms with Crippen LogP contribution in [0.2, 0.25) is 0 Å². The minimum Gasteiger partial charge on any atom is -0.394 e. The molecule has 0 fully saturated rings. The fraction of sp³-hybridized carbons (Fsp3) is 0.625. The maximum Gasteiger partial charge on any atom is 0.217 e. The summed E-state index contributed by atoms with van der Waals surface area (Å²) in [5.74, 6) is -0.380. The molecule has 0 heterocycles. The van der Waals surface area contributed by atoms with Gasteiger partial charge in [-0.05, 0) is 0 Å². The van der Waals surface area contributed by atoms with Crippen LogP contribution in [0.25, 0.3) is 0 Å². The van der Waals surface area contributed by atoms with Crippen molar-refractivity contribution in [3.63, 3.8) is 0 Å². The predicted octanol–water partition coefficient (Wildman–Crippen LogP) is -1.61. The molecule has 0 bridgehead atoms. The Kier molecular flexibility index (Phi) is 5.29. The maximum atomic E-state index is 10.6. The molecule has 4 N–H and O–H groups in total. The summed E-state index contributed by atoms with van der Waals surface area (Å²) in [4.78, 5) is 10.6. The molecule has 0 aliphatic carbocycles. The summed E-state index contributed by atoms with van der Waals surface area (Å²) in [5, 5.41) is 29.5. The molecule has 0 aromatic rings. The van der Waals surface area contributed by atoms with Crippen LogP contribution in [0.1, 0.15) is 6.92 Å². The molecule has 5 nitrogen and oxygen atoms in total. The van der Waals surface area contributed by atoms with Crippen molar-refractivity contribution in [2.24, 2.45) is 0 Å². The zero-order valence-corrected chi connectivity index (χ0v) is 7.47. The molecule has 5 heteroatoms. The first-order valence-corrected chi connectivity index (χ1v) is 3.89. The van der Waals surface area contributed by atoms with Gasteiger partial charge in [0.15, 0.2) is 0 Å². The third-order valence-corrected chi connectivity index (χ3v) is 1.59. The fourth-order valence-electron chi connectivity index (χ4n) is 0.878. The number of aliphatic hydroxyl groups is 3. The number of aliphatic hydroxyl groups excluding tert-OH is 3. The molecule has 0 spiro atoms. The second-order valence-electron chi connectivity index (χ2n) is 2.71. The highest BCUT2D eigenvalue weighted by atomic mass is 16.3. The lowest BCUT2D eigenvalue weighted by Crippen LogP contribution is -2.49. The minimum absolute atomic E-state index is 0.380. The van der Waals surface area contributed by atoms with E-state index < -0.39 is 24.9 Å². The van der Waals surface area contributed by atoms with Crippen LogP contribution in [0.5, 0.6) is 0 Å². The van der Waals surface area contributed by atoms with Gasteiger partial charge in [-0.25, -0.2) is 0 Å². The van der Waals surface area contributed by atoms with Crippen LogP contribution in [0.4, 0.5) is 0 Å². The standard InChI is InChI=1S/C8H15NO4/c1-3-7(12)8(13)6(4-10)9-5(2)11/h3,6-8,10,12-13H,1,4H2,2H3,(H,9,11)/t6-,7+,8+/m0/s1. The average Bonchev–Trinajstić information content (AvgIpc) is 2.11. The highest BCUT2D eigenvalue weighted by molar-refractivity contribution is 5.73. The van der Waals surface area contributed by atoms with Crippen LogP contribution < -0.4 is 5.32 Å². The smallest absolute Gasteiger partial charge is 0.217 e. The number of carbonyl (C=O) groups is 1. The minimum atomic E-state index is -1.24. The first-order chi connectivity index (χ1) is 6.02. The van der Waals surface area contributed by atoms with Gasteiger partial charge in [-0.3, -0.25) is 4.79 Å². The summed E-state index contributed by atoms with van der Waals surface area (Å²) in [6.45, 7) is 4.09. The van der Waals surface area contributed by atoms with Gasteiger partial charge in [0, 0.05) is 6.92 Å². The van der Waals surface area contributed by atoms with Crippen molar-refractivity contribution >= 4 is 5.91 Å². The molecule has 0 aromatic heterocycles. The second-order valence-corrected chi connectivity index (χ2v) is 2.71. The highest BCUT2D eigenvalue weighted by Gasteiger charge is 2.24. The monoisotopic (exact) mass is 189 g/mol. The van der Waals surface area contributed by atoms with Gasteiger partial charge in [-0.15, -0.1) is 6.58 Å². The fourth-order valence-corrected chi connectivity index (χ4v) is 0.878. The normalized spacial score (nSPS) is 17.2. The molecule has 0 saturated heterocycles. The van der Waals surface area contributed by atoms with E-state index in [0.29, 0.717) is 0 Å². The van der Waals surface area contributed by atoms with Gasteiger partial charge in [0.2, 0.25) is 5.91 Å². The molecule has 0 rings (SSSR count). The number of carbonyl (C=O) groups excluding carboxylic acids is 1. The Hall–Kier alpha value is -0.910. The summed E-state index contributed by atoms with van der Waals surface area (Å²) in [6, 6.07) is -0.870. The Labute approximate surface area is 76.7 Å². The summed E-state index contributed by atoms with van der Waals surface area (Å²) in [7, 11) is 0. The van der Waals surface area contributed by atoms with Gasteiger partial charge in [-0.1, -0.05) is 6.08 Å². The van der Waals surface area contributed by atoms with Gasteiger partial charge in [0.25, 0.3) is 0 Å². The van der Waals surface area contributed by atoms with E-state index in [1.807, 2.05) is 0 Å². The molecule has 0 unspecified atom stereocenters. The molecular formula is C8H15NO4. The Bertz CT molecular complexity index is 183. The molecule has 76 valence electrons. The van der Waals surface area contributed by atoms with Crippen molar-refractivity contribution in [3.8, 4) is 0 Å². The van der Waals surface area contributed by atoms with E-state index in [-0.39, 0.29) is 5.91 Å². The third kappa shape index (κ3) is 4.02. The Morgan fingerprint density at radius 1 is 1.62 bits per heavy atom. The molecule has 13 heavy (non-hydrogen) atoms. The number of hydrogen-bond acceptors (Lipinski definition) is 4. The number of amides is 1. The average molecular weight is 189 g/mol. The van der Waals surface area contributed by atoms with Crippen molar-refractivity contribution in [3.05, 3.63) is 12.7 Å².